The molecule has 3 saturated carbocycles. The molecule has 476 valence electrons. The van der Waals surface area contributed by atoms with Gasteiger partial charge in [0.15, 0.2) is 39.3 Å². The molecule has 3 aliphatic carbocycles. The Bertz CT molecular complexity index is 4320. The number of aliphatic hydroxyl groups excluding tert-OH is 3. The Morgan fingerprint density at radius 3 is 1.01 bits per heavy atom. The van der Waals surface area contributed by atoms with Crippen LogP contribution in [0.25, 0.3) is 4.85 Å². The van der Waals surface area contributed by atoms with Crippen LogP contribution in [0.1, 0.15) is 82.1 Å². The summed E-state index contributed by atoms with van der Waals surface area (Å²) in [5.41, 5.74) is -6.20. The molecule has 0 bridgehead atoms. The third-order valence-corrected chi connectivity index (χ3v) is 21.1. The largest absolute Gasteiger partial charge is 0.481 e. The SMILES string of the molecule is CC(=O)[C@H]1[C@@H](O)[C@@]2(O)c3ncc(Cl)cc3O[C@@]2(c2ccc(Br)cc2)[C@@H]1c1ccccc1.O=C(O)[C@H]1[C@@H](O)[C@@]2(O)c3ncc(Cl)cc3O[C@@]2(c2ccc(Br)cc2)[C@@H]1c1ccccc1.[C-]#[N+]c1ccc([C@@]23Oc4cc(Cl)cnc4[C@]2(O)[C@H](O)[C@H](C(C)=O)[C@H]3c2ccccc2)cc1. The number of benzene rings is 6. The number of aliphatic carboxylic acids is 1. The van der Waals surface area contributed by atoms with Crippen molar-refractivity contribution < 1.29 is 64.3 Å². The molecule has 0 unspecified atom stereocenters. The van der Waals surface area contributed by atoms with E-state index in [4.69, 9.17) is 55.6 Å². The second-order valence-corrected chi connectivity index (χ2v) is 27.3. The van der Waals surface area contributed by atoms with E-state index in [-0.39, 0.29) is 40.1 Å². The number of carboxylic acid groups (broad SMARTS) is 1. The van der Waals surface area contributed by atoms with E-state index in [9.17, 15) is 50.1 Å². The number of halogens is 5. The summed E-state index contributed by atoms with van der Waals surface area (Å²) in [6.07, 6.45) is -0.476. The number of carbonyl (C=O) groups is 3. The summed E-state index contributed by atoms with van der Waals surface area (Å²) in [7, 11) is 0. The Kier molecular flexibility index (Phi) is 16.6. The van der Waals surface area contributed by atoms with Crippen LogP contribution < -0.4 is 14.2 Å². The van der Waals surface area contributed by atoms with E-state index in [2.05, 4.69) is 51.7 Å². The van der Waals surface area contributed by atoms with Gasteiger partial charge in [0.25, 0.3) is 0 Å². The molecule has 15 atom stereocenters. The van der Waals surface area contributed by atoms with Gasteiger partial charge in [0.05, 0.1) is 39.4 Å². The second kappa shape index (κ2) is 24.1. The highest BCUT2D eigenvalue weighted by molar-refractivity contribution is 9.10. The Hall–Kier alpha value is -7.94. The molecule has 3 aromatic heterocycles. The fourth-order valence-corrected chi connectivity index (χ4v) is 16.7. The molecule has 15 rings (SSSR count). The van der Waals surface area contributed by atoms with Gasteiger partial charge in [-0.25, -0.2) is 4.85 Å². The third-order valence-electron chi connectivity index (χ3n) is 19.4. The predicted molar refractivity (Wildman–Crippen MR) is 352 cm³/mol. The molecule has 0 radical (unpaired) electrons. The van der Waals surface area contributed by atoms with E-state index in [0.29, 0.717) is 48.8 Å². The number of aromatic nitrogens is 3. The number of pyridine rings is 3. The molecular weight excluding hydrogens is 1390 g/mol. The lowest BCUT2D eigenvalue weighted by molar-refractivity contribution is -0.160. The van der Waals surface area contributed by atoms with Gasteiger partial charge in [0, 0.05) is 63.5 Å². The molecule has 94 heavy (non-hydrogen) atoms. The van der Waals surface area contributed by atoms with Crippen molar-refractivity contribution in [3.8, 4) is 17.2 Å². The van der Waals surface area contributed by atoms with Gasteiger partial charge in [-0.1, -0.05) is 206 Å². The summed E-state index contributed by atoms with van der Waals surface area (Å²) >= 11 is 25.3. The Balaban J connectivity index is 0.000000128. The standard InChI is InChI=1S/C25H19ClN2O4.C24H19BrClNO4.C23H17BrClNO5/c1-14(29)20-21(15-6-4-3-5-7-15)25(16-8-10-18(27-2)11-9-16)24(31,23(20)30)22-19(32-25)12-17(26)13-28-22;1-13(28)19-20(14-5-3-2-4-6-14)24(15-7-9-16(25)10-8-15)23(30,22(19)29)21-18(31-24)11-17(26)12-27-21;24-14-8-6-13(7-9-14)23-18(12-4-2-1-3-5-12)17(21(28)29)20(27)22(23,30)19-16(31-23)10-15(25)11-26-19/h3-13,20-21,23,30-31H,1H3;2-12,19-20,22,29-30H,1H3;1-11,17-18,20,27,30H,(H,28,29)/t20-,21-,23-,24+,25+;19-,20-,22-,23+,24+;17-,18-,20-,22+,23+/m111/s1. The lowest BCUT2D eigenvalue weighted by atomic mass is 9.71. The van der Waals surface area contributed by atoms with Gasteiger partial charge in [-0.3, -0.25) is 29.3 Å². The van der Waals surface area contributed by atoms with Crippen LogP contribution in [0.15, 0.2) is 210 Å². The number of carbonyl (C=O) groups excluding carboxylic acids is 2. The number of rotatable bonds is 9. The predicted octanol–water partition coefficient (Wildman–Crippen LogP) is 12.3. The van der Waals surface area contributed by atoms with E-state index in [1.54, 1.807) is 84.9 Å². The number of ether oxygens (including phenoxy) is 3. The highest BCUT2D eigenvalue weighted by Crippen LogP contribution is 2.71. The molecule has 6 aliphatic rings. The lowest BCUT2D eigenvalue weighted by Gasteiger charge is -2.40. The number of Topliss-reactive ketones (excluding diaryl/α,β-unsaturated/α-hetero) is 2. The zero-order chi connectivity index (χ0) is 66.6. The first kappa shape index (κ1) is 64.8. The van der Waals surface area contributed by atoms with Gasteiger partial charge >= 0.3 is 5.97 Å². The normalized spacial score (nSPS) is 30.7. The van der Waals surface area contributed by atoms with Crippen molar-refractivity contribution in [2.75, 3.05) is 0 Å². The van der Waals surface area contributed by atoms with E-state index in [0.717, 1.165) is 20.1 Å². The zero-order valence-electron chi connectivity index (χ0n) is 49.5. The van der Waals surface area contributed by atoms with E-state index in [1.807, 2.05) is 91.0 Å². The second-order valence-electron chi connectivity index (χ2n) is 24.1. The van der Waals surface area contributed by atoms with Gasteiger partial charge in [-0.05, 0) is 71.5 Å². The number of hydrogen-bond donors (Lipinski definition) is 7. The minimum atomic E-state index is -2.12. The molecule has 6 heterocycles. The molecule has 0 spiro atoms. The maximum Gasteiger partial charge on any atom is 0.310 e. The number of hydrogen-bond acceptors (Lipinski definition) is 15. The lowest BCUT2D eigenvalue weighted by Crippen LogP contribution is -2.52. The summed E-state index contributed by atoms with van der Waals surface area (Å²) in [4.78, 5) is 54.4. The number of ketones is 2. The van der Waals surface area contributed by atoms with Crippen molar-refractivity contribution in [3.63, 3.8) is 0 Å². The first-order valence-electron chi connectivity index (χ1n) is 29.6. The molecule has 3 fully saturated rings. The molecule has 6 aromatic carbocycles. The third kappa shape index (κ3) is 9.35. The topological polar surface area (TPSA) is 264 Å². The average Bonchev–Trinajstić information content (AvgIpc) is 1.52. The van der Waals surface area contributed by atoms with E-state index in [1.165, 1.54) is 38.5 Å². The monoisotopic (exact) mass is 1450 g/mol. The quantitative estimate of drug-likeness (QED) is 0.0663. The molecule has 3 aliphatic heterocycles. The number of aliphatic hydroxyl groups is 6. The Morgan fingerprint density at radius 2 is 0.734 bits per heavy atom. The van der Waals surface area contributed by atoms with Crippen LogP contribution in [0, 0.1) is 24.3 Å². The molecular formula is C72H55Br2Cl3N4O13. The molecule has 22 heteroatoms. The number of nitrogens with zero attached hydrogens (tertiary/aromatic N) is 4. The highest BCUT2D eigenvalue weighted by Gasteiger charge is 2.80. The smallest absolute Gasteiger partial charge is 0.310 e. The summed E-state index contributed by atoms with van der Waals surface area (Å²) in [5.74, 6) is -6.51. The maximum absolute atomic E-state index is 12.8. The average molecular weight is 1450 g/mol. The fraction of sp³-hybridized carbons (Fsp3) is 0.236. The summed E-state index contributed by atoms with van der Waals surface area (Å²) in [6.45, 7) is 10.1. The molecule has 0 saturated heterocycles. The first-order chi connectivity index (χ1) is 44.9. The highest BCUT2D eigenvalue weighted by atomic mass is 79.9. The van der Waals surface area contributed by atoms with Gasteiger partial charge in [0.1, 0.15) is 64.2 Å². The van der Waals surface area contributed by atoms with Gasteiger partial charge < -0.3 is 50.0 Å². The van der Waals surface area contributed by atoms with Crippen molar-refractivity contribution in [2.45, 2.75) is 83.5 Å². The number of carboxylic acids is 1. The minimum absolute atomic E-state index is 0.0667. The van der Waals surface area contributed by atoms with E-state index >= 15 is 0 Å². The van der Waals surface area contributed by atoms with Crippen LogP contribution in [0.4, 0.5) is 5.69 Å². The van der Waals surface area contributed by atoms with Crippen LogP contribution in [-0.4, -0.2) is 86.5 Å². The number of fused-ring (bicyclic) bond motifs is 9. The minimum Gasteiger partial charge on any atom is -0.481 e. The van der Waals surface area contributed by atoms with Gasteiger partial charge in [0.2, 0.25) is 0 Å². The summed E-state index contributed by atoms with van der Waals surface area (Å²) in [6, 6.07) is 53.2. The van der Waals surface area contributed by atoms with Crippen molar-refractivity contribution in [1.82, 2.24) is 15.0 Å². The molecule has 9 aromatic rings. The van der Waals surface area contributed by atoms with Crippen LogP contribution in [-0.2, 0) is 48.0 Å². The molecule has 17 nitrogen and oxygen atoms in total. The molecule has 0 amide bonds. The van der Waals surface area contributed by atoms with Crippen LogP contribution in [0.2, 0.25) is 15.1 Å². The zero-order valence-corrected chi connectivity index (χ0v) is 54.9. The van der Waals surface area contributed by atoms with Crippen molar-refractivity contribution in [3.05, 3.63) is 286 Å². The summed E-state index contributed by atoms with van der Waals surface area (Å²) < 4.78 is 21.1. The van der Waals surface area contributed by atoms with Gasteiger partial charge in [-0.2, -0.15) is 0 Å². The fourth-order valence-electron chi connectivity index (χ4n) is 15.8. The van der Waals surface area contributed by atoms with Crippen molar-refractivity contribution >= 4 is 89.9 Å². The van der Waals surface area contributed by atoms with Gasteiger partial charge in [-0.15, -0.1) is 0 Å². The van der Waals surface area contributed by atoms with Crippen molar-refractivity contribution in [1.29, 1.82) is 0 Å². The van der Waals surface area contributed by atoms with Crippen LogP contribution >= 0.6 is 66.7 Å². The Morgan fingerprint density at radius 1 is 0.457 bits per heavy atom. The first-order valence-corrected chi connectivity index (χ1v) is 32.3. The van der Waals surface area contributed by atoms with Crippen LogP contribution in [0.5, 0.6) is 17.2 Å². The van der Waals surface area contributed by atoms with Crippen molar-refractivity contribution in [2.24, 2.45) is 17.8 Å². The van der Waals surface area contributed by atoms with Crippen LogP contribution in [0.3, 0.4) is 0 Å². The summed E-state index contributed by atoms with van der Waals surface area (Å²) in [5, 5.41) is 81.9. The van der Waals surface area contributed by atoms with E-state index < -0.39 is 93.4 Å². The maximum atomic E-state index is 12.8. The Labute approximate surface area is 570 Å². The molecule has 7 N–H and O–H groups in total.